The highest BCUT2D eigenvalue weighted by Crippen LogP contribution is 2.27. The molecule has 1 amide bonds. The summed E-state index contributed by atoms with van der Waals surface area (Å²) in [5.41, 5.74) is 1.25. The van der Waals surface area contributed by atoms with E-state index >= 15 is 0 Å². The van der Waals surface area contributed by atoms with Crippen molar-refractivity contribution in [1.29, 1.82) is 0 Å². The van der Waals surface area contributed by atoms with Crippen LogP contribution in [0.15, 0.2) is 18.2 Å². The van der Waals surface area contributed by atoms with Crippen molar-refractivity contribution in [3.63, 3.8) is 0 Å². The van der Waals surface area contributed by atoms with Gasteiger partial charge in [-0.3, -0.25) is 4.79 Å². The van der Waals surface area contributed by atoms with Gasteiger partial charge in [0.15, 0.2) is 5.13 Å². The van der Waals surface area contributed by atoms with Crippen LogP contribution < -0.4 is 5.32 Å². The number of carbonyl (C=O) groups excluding carboxylic acids is 2. The number of fused-ring (bicyclic) bond motifs is 1. The average Bonchev–Trinajstić information content (AvgIpc) is 2.77. The maximum absolute atomic E-state index is 11.9. The molecule has 0 aliphatic heterocycles. The minimum Gasteiger partial charge on any atom is -0.459 e. The normalized spacial score (nSPS) is 11.2. The van der Waals surface area contributed by atoms with Crippen LogP contribution in [-0.4, -0.2) is 23.0 Å². The van der Waals surface area contributed by atoms with E-state index in [1.807, 2.05) is 27.7 Å². The summed E-state index contributed by atoms with van der Waals surface area (Å²) < 4.78 is 6.02. The molecule has 22 heavy (non-hydrogen) atoms. The number of amides is 1. The summed E-state index contributed by atoms with van der Waals surface area (Å²) in [7, 11) is 0. The molecule has 1 N–H and O–H groups in total. The number of anilines is 1. The van der Waals surface area contributed by atoms with E-state index < -0.39 is 0 Å². The molecule has 0 unspecified atom stereocenters. The average molecular weight is 320 g/mol. The van der Waals surface area contributed by atoms with Gasteiger partial charge in [-0.25, -0.2) is 9.78 Å². The Hall–Kier alpha value is -1.95. The van der Waals surface area contributed by atoms with Crippen LogP contribution in [0.4, 0.5) is 5.13 Å². The molecule has 0 radical (unpaired) electrons. The van der Waals surface area contributed by atoms with Gasteiger partial charge in [-0.1, -0.05) is 25.2 Å². The fourth-order valence-corrected chi connectivity index (χ4v) is 2.85. The van der Waals surface area contributed by atoms with Gasteiger partial charge < -0.3 is 10.1 Å². The van der Waals surface area contributed by atoms with Gasteiger partial charge in [-0.2, -0.15) is 0 Å². The molecule has 0 aliphatic carbocycles. The number of benzene rings is 1. The van der Waals surface area contributed by atoms with E-state index in [2.05, 4.69) is 10.3 Å². The first-order valence-electron chi connectivity index (χ1n) is 7.26. The SMILES string of the molecule is CC(C)CC(=O)Nc1nc2ccc(C(=O)OC(C)C)cc2s1. The fraction of sp³-hybridized carbons (Fsp3) is 0.438. The topological polar surface area (TPSA) is 68.3 Å². The van der Waals surface area contributed by atoms with Crippen molar-refractivity contribution >= 4 is 38.6 Å². The highest BCUT2D eigenvalue weighted by molar-refractivity contribution is 7.22. The first-order valence-corrected chi connectivity index (χ1v) is 8.08. The number of rotatable bonds is 5. The van der Waals surface area contributed by atoms with E-state index in [-0.39, 0.29) is 18.0 Å². The number of esters is 1. The van der Waals surface area contributed by atoms with Crippen LogP contribution in [0.2, 0.25) is 0 Å². The Kier molecular flexibility index (Phi) is 5.13. The second kappa shape index (κ2) is 6.87. The van der Waals surface area contributed by atoms with Crippen molar-refractivity contribution < 1.29 is 14.3 Å². The van der Waals surface area contributed by atoms with Gasteiger partial charge in [0.1, 0.15) is 0 Å². The second-order valence-electron chi connectivity index (χ2n) is 5.80. The van der Waals surface area contributed by atoms with Crippen LogP contribution in [0, 0.1) is 5.92 Å². The Bertz CT molecular complexity index is 692. The number of carbonyl (C=O) groups is 2. The number of hydrogen-bond donors (Lipinski definition) is 1. The zero-order valence-electron chi connectivity index (χ0n) is 13.2. The van der Waals surface area contributed by atoms with E-state index in [4.69, 9.17) is 4.74 Å². The van der Waals surface area contributed by atoms with Gasteiger partial charge in [0.05, 0.1) is 21.9 Å². The molecule has 0 saturated carbocycles. The Morgan fingerprint density at radius 1 is 1.27 bits per heavy atom. The highest BCUT2D eigenvalue weighted by atomic mass is 32.1. The fourth-order valence-electron chi connectivity index (χ4n) is 1.93. The highest BCUT2D eigenvalue weighted by Gasteiger charge is 2.13. The van der Waals surface area contributed by atoms with E-state index in [0.717, 1.165) is 10.2 Å². The minimum absolute atomic E-state index is 0.0477. The molecule has 1 heterocycles. The summed E-state index contributed by atoms with van der Waals surface area (Å²) in [6.07, 6.45) is 0.303. The standard InChI is InChI=1S/C16H20N2O3S/c1-9(2)7-14(19)18-16-17-12-6-5-11(8-13(12)22-16)15(20)21-10(3)4/h5-6,8-10H,7H2,1-4H3,(H,17,18,19). The Morgan fingerprint density at radius 3 is 2.64 bits per heavy atom. The minimum atomic E-state index is -0.351. The third kappa shape index (κ3) is 4.27. The van der Waals surface area contributed by atoms with Gasteiger partial charge in [-0.15, -0.1) is 0 Å². The lowest BCUT2D eigenvalue weighted by atomic mass is 10.1. The maximum Gasteiger partial charge on any atom is 0.338 e. The lowest BCUT2D eigenvalue weighted by Gasteiger charge is -2.07. The number of nitrogens with zero attached hydrogens (tertiary/aromatic N) is 1. The van der Waals surface area contributed by atoms with Crippen LogP contribution in [0.1, 0.15) is 44.5 Å². The van der Waals surface area contributed by atoms with Gasteiger partial charge in [0, 0.05) is 6.42 Å². The van der Waals surface area contributed by atoms with Crippen molar-refractivity contribution in [3.8, 4) is 0 Å². The molecule has 0 bridgehead atoms. The van der Waals surface area contributed by atoms with Gasteiger partial charge in [-0.05, 0) is 38.0 Å². The number of nitrogens with one attached hydrogen (secondary N) is 1. The lowest BCUT2D eigenvalue weighted by molar-refractivity contribution is -0.116. The number of hydrogen-bond acceptors (Lipinski definition) is 5. The molecule has 1 aromatic heterocycles. The first kappa shape index (κ1) is 16.4. The Labute approximate surface area is 133 Å². The Balaban J connectivity index is 2.17. The van der Waals surface area contributed by atoms with Crippen LogP contribution >= 0.6 is 11.3 Å². The van der Waals surface area contributed by atoms with Gasteiger partial charge in [0.25, 0.3) is 0 Å². The van der Waals surface area contributed by atoms with E-state index in [1.165, 1.54) is 11.3 Å². The molecule has 2 rings (SSSR count). The number of aromatic nitrogens is 1. The summed E-state index contributed by atoms with van der Waals surface area (Å²) in [6.45, 7) is 7.60. The first-order chi connectivity index (χ1) is 10.3. The monoisotopic (exact) mass is 320 g/mol. The van der Waals surface area contributed by atoms with Crippen molar-refractivity contribution in [2.45, 2.75) is 40.2 Å². The molecule has 6 heteroatoms. The zero-order chi connectivity index (χ0) is 16.3. The molecule has 0 saturated heterocycles. The van der Waals surface area contributed by atoms with Crippen molar-refractivity contribution in [2.75, 3.05) is 5.32 Å². The summed E-state index contributed by atoms with van der Waals surface area (Å²) >= 11 is 1.35. The molecule has 2 aromatic rings. The summed E-state index contributed by atoms with van der Waals surface area (Å²) in [5, 5.41) is 3.35. The number of thiazole rings is 1. The molecule has 0 atom stereocenters. The van der Waals surface area contributed by atoms with E-state index in [1.54, 1.807) is 18.2 Å². The molecular weight excluding hydrogens is 300 g/mol. The van der Waals surface area contributed by atoms with Crippen LogP contribution in [-0.2, 0) is 9.53 Å². The molecule has 0 spiro atoms. The molecule has 0 aliphatic rings. The molecule has 0 fully saturated rings. The van der Waals surface area contributed by atoms with Crippen LogP contribution in [0.3, 0.4) is 0 Å². The number of ether oxygens (including phenoxy) is 1. The van der Waals surface area contributed by atoms with Crippen molar-refractivity contribution in [3.05, 3.63) is 23.8 Å². The quantitative estimate of drug-likeness (QED) is 0.850. The third-order valence-corrected chi connectivity index (χ3v) is 3.74. The summed E-state index contributed by atoms with van der Waals surface area (Å²) in [5.74, 6) is -0.101. The summed E-state index contributed by atoms with van der Waals surface area (Å²) in [4.78, 5) is 28.0. The predicted octanol–water partition coefficient (Wildman–Crippen LogP) is 3.85. The maximum atomic E-state index is 11.9. The van der Waals surface area contributed by atoms with Crippen molar-refractivity contribution in [2.24, 2.45) is 5.92 Å². The van der Waals surface area contributed by atoms with Gasteiger partial charge >= 0.3 is 5.97 Å². The Morgan fingerprint density at radius 2 is 2.00 bits per heavy atom. The predicted molar refractivity (Wildman–Crippen MR) is 88.3 cm³/mol. The van der Waals surface area contributed by atoms with Crippen LogP contribution in [0.25, 0.3) is 10.2 Å². The molecular formula is C16H20N2O3S. The smallest absolute Gasteiger partial charge is 0.338 e. The molecule has 118 valence electrons. The lowest BCUT2D eigenvalue weighted by Crippen LogP contribution is -2.13. The summed E-state index contributed by atoms with van der Waals surface area (Å²) in [6, 6.07) is 5.20. The molecule has 1 aromatic carbocycles. The zero-order valence-corrected chi connectivity index (χ0v) is 14.0. The second-order valence-corrected chi connectivity index (χ2v) is 6.83. The van der Waals surface area contributed by atoms with E-state index in [0.29, 0.717) is 23.0 Å². The van der Waals surface area contributed by atoms with Crippen molar-refractivity contribution in [1.82, 2.24) is 4.98 Å². The molecule has 5 nitrogen and oxygen atoms in total. The van der Waals surface area contributed by atoms with Gasteiger partial charge in [0.2, 0.25) is 5.91 Å². The largest absolute Gasteiger partial charge is 0.459 e. The van der Waals surface area contributed by atoms with E-state index in [9.17, 15) is 9.59 Å². The third-order valence-electron chi connectivity index (χ3n) is 2.81. The van der Waals surface area contributed by atoms with Crippen LogP contribution in [0.5, 0.6) is 0 Å².